The van der Waals surface area contributed by atoms with Gasteiger partial charge < -0.3 is 18.8 Å². The first-order valence-corrected chi connectivity index (χ1v) is 13.2. The molecule has 4 aromatic rings. The minimum absolute atomic E-state index is 0. The number of ether oxygens (including phenoxy) is 2. The highest BCUT2D eigenvalue weighted by atomic mass is 35.5. The lowest BCUT2D eigenvalue weighted by Crippen LogP contribution is -2.51. The summed E-state index contributed by atoms with van der Waals surface area (Å²) in [7, 11) is 1.69. The monoisotopic (exact) mass is 598 g/mol. The van der Waals surface area contributed by atoms with Crippen LogP contribution in [0, 0.1) is 6.92 Å². The maximum absolute atomic E-state index is 13.4. The van der Waals surface area contributed by atoms with Gasteiger partial charge in [0.15, 0.2) is 11.0 Å². The van der Waals surface area contributed by atoms with E-state index in [1.54, 1.807) is 32.2 Å². The molecule has 1 aliphatic rings. The molecule has 0 N–H and O–H groups in total. The third kappa shape index (κ3) is 6.87. The van der Waals surface area contributed by atoms with Crippen LogP contribution in [-0.2, 0) is 4.74 Å². The minimum atomic E-state index is -0.751. The molecular weight excluding hydrogens is 563 g/mol. The number of benzene rings is 3. The molecule has 7 nitrogen and oxygen atoms in total. The van der Waals surface area contributed by atoms with Crippen LogP contribution in [0.4, 0.5) is 5.69 Å². The van der Waals surface area contributed by atoms with Crippen molar-refractivity contribution >= 4 is 47.4 Å². The van der Waals surface area contributed by atoms with Crippen LogP contribution < -0.4 is 15.1 Å². The zero-order valence-electron chi connectivity index (χ0n) is 23.7. The Hall–Kier alpha value is -3.52. The third-order valence-corrected chi connectivity index (χ3v) is 7.17. The Kier molecular flexibility index (Phi) is 10.5. The summed E-state index contributed by atoms with van der Waals surface area (Å²) in [6.07, 6.45) is 0. The first-order chi connectivity index (χ1) is 18.8. The topological polar surface area (TPSA) is 72.2 Å². The van der Waals surface area contributed by atoms with Crippen LogP contribution in [0.1, 0.15) is 29.8 Å². The highest BCUT2D eigenvalue weighted by molar-refractivity contribution is 6.02. The molecule has 0 atom stereocenters. The second kappa shape index (κ2) is 13.4. The van der Waals surface area contributed by atoms with E-state index < -0.39 is 11.6 Å². The van der Waals surface area contributed by atoms with E-state index in [0.29, 0.717) is 23.3 Å². The molecule has 0 bridgehead atoms. The van der Waals surface area contributed by atoms with Crippen molar-refractivity contribution in [1.29, 1.82) is 0 Å². The fourth-order valence-corrected chi connectivity index (χ4v) is 5.25. The van der Waals surface area contributed by atoms with Crippen molar-refractivity contribution in [2.45, 2.75) is 26.4 Å². The molecular formula is C32H36Cl2N2O5. The summed E-state index contributed by atoms with van der Waals surface area (Å²) in [5, 5.41) is 0.367. The molecule has 0 unspecified atom stereocenters. The fraction of sp³-hybridized carbons (Fsp3) is 0.312. The van der Waals surface area contributed by atoms with Crippen LogP contribution in [0.3, 0.4) is 0 Å². The Morgan fingerprint density at radius 1 is 0.902 bits per heavy atom. The second-order valence-corrected chi connectivity index (χ2v) is 10.5. The van der Waals surface area contributed by atoms with Gasteiger partial charge in [0.25, 0.3) is 0 Å². The van der Waals surface area contributed by atoms with Gasteiger partial charge >= 0.3 is 5.97 Å². The summed E-state index contributed by atoms with van der Waals surface area (Å²) in [4.78, 5) is 31.2. The maximum Gasteiger partial charge on any atom is 0.342 e. The summed E-state index contributed by atoms with van der Waals surface area (Å²) in [5.74, 6) is 0.817. The van der Waals surface area contributed by atoms with Crippen LogP contribution in [0.15, 0.2) is 82.0 Å². The van der Waals surface area contributed by atoms with Crippen molar-refractivity contribution in [3.63, 3.8) is 0 Å². The number of nitrogens with zero attached hydrogens (tertiary/aromatic N) is 2. The van der Waals surface area contributed by atoms with Crippen LogP contribution >= 0.6 is 24.8 Å². The average molecular weight is 600 g/mol. The summed E-state index contributed by atoms with van der Waals surface area (Å²) in [6.45, 7) is 9.53. The van der Waals surface area contributed by atoms with Crippen molar-refractivity contribution in [3.8, 4) is 17.1 Å². The van der Waals surface area contributed by atoms with Crippen LogP contribution in [0.5, 0.6) is 5.75 Å². The lowest BCUT2D eigenvalue weighted by atomic mass is 10.0. The SMILES string of the molecule is COc1ccccc1N1CCN(CC(C)(C)OC(=O)c2cccc3c(=O)c(C)c(-c4ccccc4)oc23)CC1.Cl.Cl. The molecule has 0 saturated carbocycles. The number of anilines is 1. The number of hydrogen-bond acceptors (Lipinski definition) is 7. The molecule has 0 radical (unpaired) electrons. The number of esters is 1. The maximum atomic E-state index is 13.4. The summed E-state index contributed by atoms with van der Waals surface area (Å²) >= 11 is 0. The van der Waals surface area contributed by atoms with E-state index in [1.165, 1.54) is 0 Å². The highest BCUT2D eigenvalue weighted by Gasteiger charge is 2.30. The Balaban J connectivity index is 0.00000231. The zero-order valence-corrected chi connectivity index (χ0v) is 25.3. The van der Waals surface area contributed by atoms with Crippen LogP contribution in [0.25, 0.3) is 22.3 Å². The predicted octanol–water partition coefficient (Wildman–Crippen LogP) is 6.38. The number of hydrogen-bond donors (Lipinski definition) is 0. The summed E-state index contributed by atoms with van der Waals surface area (Å²) < 4.78 is 17.8. The molecule has 0 amide bonds. The van der Waals surface area contributed by atoms with Gasteiger partial charge in [-0.25, -0.2) is 4.79 Å². The molecule has 1 fully saturated rings. The van der Waals surface area contributed by atoms with Gasteiger partial charge in [-0.1, -0.05) is 48.5 Å². The Labute approximate surface area is 252 Å². The quantitative estimate of drug-likeness (QED) is 0.229. The van der Waals surface area contributed by atoms with E-state index in [9.17, 15) is 9.59 Å². The van der Waals surface area contributed by atoms with Crippen molar-refractivity contribution < 1.29 is 18.7 Å². The van der Waals surface area contributed by atoms with Crippen molar-refractivity contribution in [1.82, 2.24) is 4.90 Å². The van der Waals surface area contributed by atoms with Gasteiger partial charge in [-0.15, -0.1) is 24.8 Å². The standard InChI is InChI=1S/C32H34N2O5.2ClH/c1-22-28(35)24-13-10-14-25(30(24)38-29(22)23-11-6-5-7-12-23)31(36)39-32(2,3)21-33-17-19-34(20-18-33)26-15-8-9-16-27(26)37-4;;/h5-16H,17-21H2,1-4H3;2*1H. The van der Waals surface area contributed by atoms with Gasteiger partial charge in [0, 0.05) is 43.9 Å². The van der Waals surface area contributed by atoms with E-state index in [4.69, 9.17) is 13.9 Å². The van der Waals surface area contributed by atoms with Gasteiger partial charge in [0.2, 0.25) is 0 Å². The number of carbonyl (C=O) groups is 1. The first kappa shape index (κ1) is 32.0. The van der Waals surface area contributed by atoms with E-state index >= 15 is 0 Å². The fourth-order valence-electron chi connectivity index (χ4n) is 5.25. The number of halogens is 2. The molecule has 1 aliphatic heterocycles. The minimum Gasteiger partial charge on any atom is -0.495 e. The molecule has 0 aliphatic carbocycles. The van der Waals surface area contributed by atoms with Crippen LogP contribution in [-0.4, -0.2) is 56.3 Å². The van der Waals surface area contributed by atoms with Gasteiger partial charge in [-0.05, 0) is 45.0 Å². The Bertz CT molecular complexity index is 1550. The van der Waals surface area contributed by atoms with Crippen molar-refractivity contribution in [2.75, 3.05) is 44.7 Å². The van der Waals surface area contributed by atoms with E-state index in [2.05, 4.69) is 15.9 Å². The molecule has 41 heavy (non-hydrogen) atoms. The predicted molar refractivity (Wildman–Crippen MR) is 168 cm³/mol. The summed E-state index contributed by atoms with van der Waals surface area (Å²) in [6, 6.07) is 22.5. The lowest BCUT2D eigenvalue weighted by Gasteiger charge is -2.39. The smallest absolute Gasteiger partial charge is 0.342 e. The number of methoxy groups -OCH3 is 1. The number of para-hydroxylation sites is 3. The molecule has 1 saturated heterocycles. The van der Waals surface area contributed by atoms with Crippen molar-refractivity contribution in [2.24, 2.45) is 0 Å². The number of carbonyl (C=O) groups excluding carboxylic acids is 1. The molecule has 2 heterocycles. The lowest BCUT2D eigenvalue weighted by molar-refractivity contribution is -0.0171. The second-order valence-electron chi connectivity index (χ2n) is 10.5. The Morgan fingerprint density at radius 3 is 2.24 bits per heavy atom. The molecule has 0 spiro atoms. The van der Waals surface area contributed by atoms with Gasteiger partial charge in [0.1, 0.15) is 22.7 Å². The van der Waals surface area contributed by atoms with Gasteiger partial charge in [-0.2, -0.15) is 0 Å². The largest absolute Gasteiger partial charge is 0.495 e. The summed E-state index contributed by atoms with van der Waals surface area (Å²) in [5.41, 5.74) is 1.97. The number of rotatable bonds is 7. The Morgan fingerprint density at radius 2 is 1.56 bits per heavy atom. The molecule has 1 aromatic heterocycles. The van der Waals surface area contributed by atoms with E-state index in [0.717, 1.165) is 43.2 Å². The number of piperazine rings is 1. The van der Waals surface area contributed by atoms with Gasteiger partial charge in [-0.3, -0.25) is 9.69 Å². The van der Waals surface area contributed by atoms with E-state index in [1.807, 2.05) is 62.4 Å². The zero-order chi connectivity index (χ0) is 27.6. The molecule has 3 aromatic carbocycles. The molecule has 5 rings (SSSR count). The first-order valence-electron chi connectivity index (χ1n) is 13.2. The normalized spacial score (nSPS) is 13.7. The third-order valence-electron chi connectivity index (χ3n) is 7.17. The average Bonchev–Trinajstić information content (AvgIpc) is 2.95. The highest BCUT2D eigenvalue weighted by Crippen LogP contribution is 2.30. The van der Waals surface area contributed by atoms with Gasteiger partial charge in [0.05, 0.1) is 18.2 Å². The van der Waals surface area contributed by atoms with Crippen LogP contribution in [0.2, 0.25) is 0 Å². The van der Waals surface area contributed by atoms with E-state index in [-0.39, 0.29) is 41.4 Å². The molecule has 218 valence electrons. The number of fused-ring (bicyclic) bond motifs is 1. The molecule has 9 heteroatoms. The van der Waals surface area contributed by atoms with Crippen molar-refractivity contribution in [3.05, 3.63) is 94.1 Å².